The number of halogens is 3. The van der Waals surface area contributed by atoms with Crippen molar-refractivity contribution in [3.63, 3.8) is 0 Å². The predicted octanol–water partition coefficient (Wildman–Crippen LogP) is 2.78. The van der Waals surface area contributed by atoms with Gasteiger partial charge in [-0.1, -0.05) is 13.3 Å². The molecular formula is C13H25ClF2N2. The molecule has 1 atom stereocenters. The predicted molar refractivity (Wildman–Crippen MR) is 72.6 cm³/mol. The smallest absolute Gasteiger partial charge is 0.251 e. The van der Waals surface area contributed by atoms with Gasteiger partial charge < -0.3 is 5.32 Å². The lowest BCUT2D eigenvalue weighted by Gasteiger charge is -2.36. The van der Waals surface area contributed by atoms with E-state index in [4.69, 9.17) is 0 Å². The fourth-order valence-electron chi connectivity index (χ4n) is 2.98. The normalized spacial score (nSPS) is 28.5. The van der Waals surface area contributed by atoms with Crippen LogP contribution in [0.3, 0.4) is 0 Å². The molecule has 5 heteroatoms. The zero-order valence-corrected chi connectivity index (χ0v) is 11.9. The lowest BCUT2D eigenvalue weighted by molar-refractivity contribution is 0.0500. The molecule has 108 valence electrons. The van der Waals surface area contributed by atoms with Gasteiger partial charge in [-0.15, -0.1) is 12.4 Å². The number of hydrogen-bond donors (Lipinski definition) is 1. The van der Waals surface area contributed by atoms with Crippen molar-refractivity contribution in [1.29, 1.82) is 0 Å². The summed E-state index contributed by atoms with van der Waals surface area (Å²) in [6.45, 7) is 5.86. The van der Waals surface area contributed by atoms with E-state index in [9.17, 15) is 8.78 Å². The average molecular weight is 283 g/mol. The van der Waals surface area contributed by atoms with Crippen LogP contribution in [-0.4, -0.2) is 44.0 Å². The molecular weight excluding hydrogens is 258 g/mol. The van der Waals surface area contributed by atoms with Crippen LogP contribution in [0.1, 0.15) is 32.6 Å². The van der Waals surface area contributed by atoms with Gasteiger partial charge in [0, 0.05) is 19.6 Å². The first-order valence-electron chi connectivity index (χ1n) is 6.79. The summed E-state index contributed by atoms with van der Waals surface area (Å²) in [7, 11) is 0. The fourth-order valence-corrected chi connectivity index (χ4v) is 2.98. The third-order valence-corrected chi connectivity index (χ3v) is 4.20. The molecule has 1 unspecified atom stereocenters. The molecule has 1 aliphatic carbocycles. The van der Waals surface area contributed by atoms with Crippen LogP contribution in [0.4, 0.5) is 8.78 Å². The first-order chi connectivity index (χ1) is 8.07. The van der Waals surface area contributed by atoms with Crippen LogP contribution >= 0.6 is 12.4 Å². The monoisotopic (exact) mass is 282 g/mol. The minimum absolute atomic E-state index is 0. The standard InChI is InChI=1S/C13H24F2N2.ClH/c1-13(5-6-16-9-13)10-17(8-12(14)15)7-11-3-2-4-11;/h11-12,16H,2-10H2,1H3;1H. The van der Waals surface area contributed by atoms with Crippen molar-refractivity contribution in [2.45, 2.75) is 39.0 Å². The number of hydrogen-bond acceptors (Lipinski definition) is 2. The Hall–Kier alpha value is 0.0700. The van der Waals surface area contributed by atoms with E-state index in [2.05, 4.69) is 12.2 Å². The van der Waals surface area contributed by atoms with Crippen LogP contribution in [0.15, 0.2) is 0 Å². The summed E-state index contributed by atoms with van der Waals surface area (Å²) in [5, 5.41) is 3.34. The lowest BCUT2D eigenvalue weighted by Crippen LogP contribution is -2.43. The van der Waals surface area contributed by atoms with Gasteiger partial charge in [-0.3, -0.25) is 4.90 Å². The topological polar surface area (TPSA) is 15.3 Å². The van der Waals surface area contributed by atoms with Gasteiger partial charge in [0.15, 0.2) is 0 Å². The number of nitrogens with zero attached hydrogens (tertiary/aromatic N) is 1. The third kappa shape index (κ3) is 4.63. The molecule has 2 nitrogen and oxygen atoms in total. The Balaban J connectivity index is 0.00000162. The van der Waals surface area contributed by atoms with Gasteiger partial charge >= 0.3 is 0 Å². The molecule has 0 radical (unpaired) electrons. The molecule has 1 saturated carbocycles. The van der Waals surface area contributed by atoms with Crippen LogP contribution in [0.25, 0.3) is 0 Å². The SMILES string of the molecule is CC1(CN(CC(F)F)CC2CCC2)CCNC1.Cl. The van der Waals surface area contributed by atoms with Crippen LogP contribution in [-0.2, 0) is 0 Å². The highest BCUT2D eigenvalue weighted by Crippen LogP contribution is 2.30. The van der Waals surface area contributed by atoms with Crippen molar-refractivity contribution in [1.82, 2.24) is 10.2 Å². The second kappa shape index (κ2) is 7.01. The Labute approximate surface area is 115 Å². The third-order valence-electron chi connectivity index (χ3n) is 4.20. The molecule has 1 heterocycles. The maximum Gasteiger partial charge on any atom is 0.251 e. The van der Waals surface area contributed by atoms with Gasteiger partial charge in [0.25, 0.3) is 6.43 Å². The van der Waals surface area contributed by atoms with E-state index >= 15 is 0 Å². The van der Waals surface area contributed by atoms with Gasteiger partial charge in [0.1, 0.15) is 0 Å². The largest absolute Gasteiger partial charge is 0.316 e. The van der Waals surface area contributed by atoms with Crippen molar-refractivity contribution in [3.05, 3.63) is 0 Å². The van der Waals surface area contributed by atoms with Crippen molar-refractivity contribution in [3.8, 4) is 0 Å². The molecule has 2 fully saturated rings. The Morgan fingerprint density at radius 2 is 2.11 bits per heavy atom. The Morgan fingerprint density at radius 1 is 1.39 bits per heavy atom. The minimum atomic E-state index is -2.20. The summed E-state index contributed by atoms with van der Waals surface area (Å²) in [5.74, 6) is 0.673. The zero-order valence-electron chi connectivity index (χ0n) is 11.1. The molecule has 0 aromatic rings. The molecule has 2 aliphatic rings. The van der Waals surface area contributed by atoms with E-state index in [0.717, 1.165) is 32.6 Å². The van der Waals surface area contributed by atoms with E-state index in [1.54, 1.807) is 0 Å². The number of rotatable bonds is 6. The quantitative estimate of drug-likeness (QED) is 0.806. The summed E-state index contributed by atoms with van der Waals surface area (Å²) >= 11 is 0. The summed E-state index contributed by atoms with van der Waals surface area (Å²) in [6.07, 6.45) is 2.65. The summed E-state index contributed by atoms with van der Waals surface area (Å²) < 4.78 is 25.2. The van der Waals surface area contributed by atoms with Crippen molar-refractivity contribution < 1.29 is 8.78 Å². The molecule has 1 N–H and O–H groups in total. The lowest BCUT2D eigenvalue weighted by atomic mass is 9.83. The van der Waals surface area contributed by atoms with Crippen molar-refractivity contribution in [2.75, 3.05) is 32.7 Å². The van der Waals surface area contributed by atoms with E-state index in [-0.39, 0.29) is 24.4 Å². The first kappa shape index (κ1) is 16.1. The van der Waals surface area contributed by atoms with Gasteiger partial charge in [0.05, 0.1) is 6.54 Å². The van der Waals surface area contributed by atoms with Crippen LogP contribution in [0.5, 0.6) is 0 Å². The Morgan fingerprint density at radius 3 is 2.56 bits per heavy atom. The summed E-state index contributed by atoms with van der Waals surface area (Å²) in [6, 6.07) is 0. The van der Waals surface area contributed by atoms with E-state index in [0.29, 0.717) is 5.92 Å². The molecule has 0 bridgehead atoms. The Bertz CT molecular complexity index is 241. The maximum absolute atomic E-state index is 12.6. The van der Waals surface area contributed by atoms with Crippen LogP contribution < -0.4 is 5.32 Å². The second-order valence-electron chi connectivity index (χ2n) is 6.12. The van der Waals surface area contributed by atoms with Gasteiger partial charge in [0.2, 0.25) is 0 Å². The highest BCUT2D eigenvalue weighted by molar-refractivity contribution is 5.85. The molecule has 0 aromatic carbocycles. The highest BCUT2D eigenvalue weighted by Gasteiger charge is 2.32. The van der Waals surface area contributed by atoms with Gasteiger partial charge in [-0.2, -0.15) is 0 Å². The highest BCUT2D eigenvalue weighted by atomic mass is 35.5. The minimum Gasteiger partial charge on any atom is -0.316 e. The van der Waals surface area contributed by atoms with Gasteiger partial charge in [-0.05, 0) is 37.1 Å². The second-order valence-corrected chi connectivity index (χ2v) is 6.12. The molecule has 0 aromatic heterocycles. The van der Waals surface area contributed by atoms with Crippen molar-refractivity contribution >= 4 is 12.4 Å². The average Bonchev–Trinajstić information content (AvgIpc) is 2.57. The molecule has 0 amide bonds. The Kier molecular flexibility index (Phi) is 6.28. The van der Waals surface area contributed by atoms with Crippen molar-refractivity contribution in [2.24, 2.45) is 11.3 Å². The van der Waals surface area contributed by atoms with Crippen LogP contribution in [0.2, 0.25) is 0 Å². The first-order valence-corrected chi connectivity index (χ1v) is 6.79. The van der Waals surface area contributed by atoms with E-state index in [1.807, 2.05) is 4.90 Å². The van der Waals surface area contributed by atoms with Gasteiger partial charge in [-0.25, -0.2) is 8.78 Å². The summed E-state index contributed by atoms with van der Waals surface area (Å²) in [4.78, 5) is 2.00. The molecule has 1 aliphatic heterocycles. The maximum atomic E-state index is 12.6. The molecule has 0 spiro atoms. The molecule has 1 saturated heterocycles. The van der Waals surface area contributed by atoms with E-state index in [1.165, 1.54) is 19.3 Å². The fraction of sp³-hybridized carbons (Fsp3) is 1.00. The molecule has 18 heavy (non-hydrogen) atoms. The number of nitrogens with one attached hydrogen (secondary N) is 1. The van der Waals surface area contributed by atoms with E-state index < -0.39 is 6.43 Å². The van der Waals surface area contributed by atoms with Crippen LogP contribution in [0, 0.1) is 11.3 Å². The zero-order chi connectivity index (χ0) is 12.3. The summed E-state index contributed by atoms with van der Waals surface area (Å²) in [5.41, 5.74) is 0.193. The number of alkyl halides is 2. The molecule has 2 rings (SSSR count).